The third kappa shape index (κ3) is 2.99. The standard InChI is InChI=1S/C16H17BrN2O2S/c1-2-19-15(21)11-9-10(17)7-8-12(11)18-16(19)22-14-6-4-3-5-13(14)20/h7-9,14H,2-6H2,1H3. The van der Waals surface area contributed by atoms with Gasteiger partial charge in [-0.05, 0) is 38.0 Å². The molecule has 0 bridgehead atoms. The van der Waals surface area contributed by atoms with Gasteiger partial charge in [0.2, 0.25) is 0 Å². The van der Waals surface area contributed by atoms with Crippen LogP contribution in [0.3, 0.4) is 0 Å². The number of Topliss-reactive ketones (excluding diaryl/α,β-unsaturated/α-hetero) is 1. The van der Waals surface area contributed by atoms with Crippen molar-refractivity contribution < 1.29 is 4.79 Å². The monoisotopic (exact) mass is 380 g/mol. The van der Waals surface area contributed by atoms with Crippen molar-refractivity contribution in [3.63, 3.8) is 0 Å². The van der Waals surface area contributed by atoms with Crippen LogP contribution in [-0.4, -0.2) is 20.6 Å². The molecule has 1 aliphatic rings. The van der Waals surface area contributed by atoms with E-state index >= 15 is 0 Å². The molecule has 1 aliphatic carbocycles. The fourth-order valence-corrected chi connectivity index (χ4v) is 4.38. The van der Waals surface area contributed by atoms with Gasteiger partial charge < -0.3 is 0 Å². The zero-order valence-corrected chi connectivity index (χ0v) is 14.7. The molecule has 1 aromatic heterocycles. The lowest BCUT2D eigenvalue weighted by Gasteiger charge is -2.21. The number of hydrogen-bond donors (Lipinski definition) is 0. The number of nitrogens with zero attached hydrogens (tertiary/aromatic N) is 2. The van der Waals surface area contributed by atoms with Crippen LogP contribution in [-0.2, 0) is 11.3 Å². The Morgan fingerprint density at radius 2 is 2.18 bits per heavy atom. The van der Waals surface area contributed by atoms with Crippen LogP contribution in [0.5, 0.6) is 0 Å². The van der Waals surface area contributed by atoms with Gasteiger partial charge in [-0.3, -0.25) is 14.2 Å². The van der Waals surface area contributed by atoms with Crippen molar-refractivity contribution in [2.75, 3.05) is 0 Å². The Labute approximate surface area is 141 Å². The molecule has 0 saturated heterocycles. The van der Waals surface area contributed by atoms with Gasteiger partial charge in [-0.25, -0.2) is 4.98 Å². The Balaban J connectivity index is 2.06. The predicted molar refractivity (Wildman–Crippen MR) is 92.5 cm³/mol. The summed E-state index contributed by atoms with van der Waals surface area (Å²) < 4.78 is 2.53. The number of halogens is 1. The zero-order chi connectivity index (χ0) is 15.7. The molecule has 0 radical (unpaired) electrons. The van der Waals surface area contributed by atoms with E-state index < -0.39 is 0 Å². The lowest BCUT2D eigenvalue weighted by atomic mass is 9.99. The number of rotatable bonds is 3. The Bertz CT molecular complexity index is 788. The minimum atomic E-state index is -0.0636. The summed E-state index contributed by atoms with van der Waals surface area (Å²) in [6.45, 7) is 2.48. The molecule has 3 rings (SSSR count). The highest BCUT2D eigenvalue weighted by Crippen LogP contribution is 2.31. The van der Waals surface area contributed by atoms with E-state index in [1.807, 2.05) is 19.1 Å². The van der Waals surface area contributed by atoms with Gasteiger partial charge in [0.25, 0.3) is 5.56 Å². The molecule has 116 valence electrons. The molecule has 1 atom stereocenters. The smallest absolute Gasteiger partial charge is 0.262 e. The summed E-state index contributed by atoms with van der Waals surface area (Å²) in [7, 11) is 0. The van der Waals surface area contributed by atoms with E-state index in [1.54, 1.807) is 10.6 Å². The number of fused-ring (bicyclic) bond motifs is 1. The highest BCUT2D eigenvalue weighted by atomic mass is 79.9. The molecule has 1 fully saturated rings. The van der Waals surface area contributed by atoms with Crippen LogP contribution >= 0.6 is 27.7 Å². The number of carbonyl (C=O) groups is 1. The van der Waals surface area contributed by atoms with Crippen LogP contribution in [0.15, 0.2) is 32.6 Å². The van der Waals surface area contributed by atoms with Crippen molar-refractivity contribution in [2.24, 2.45) is 0 Å². The SMILES string of the molecule is CCn1c(SC2CCCCC2=O)nc2ccc(Br)cc2c1=O. The Morgan fingerprint density at radius 3 is 2.91 bits per heavy atom. The molecule has 0 aliphatic heterocycles. The number of ketones is 1. The highest BCUT2D eigenvalue weighted by Gasteiger charge is 2.25. The van der Waals surface area contributed by atoms with Gasteiger partial charge in [-0.2, -0.15) is 0 Å². The summed E-state index contributed by atoms with van der Waals surface area (Å²) in [6.07, 6.45) is 3.58. The summed E-state index contributed by atoms with van der Waals surface area (Å²) in [6, 6.07) is 5.52. The van der Waals surface area contributed by atoms with E-state index in [0.29, 0.717) is 29.0 Å². The molecule has 6 heteroatoms. The highest BCUT2D eigenvalue weighted by molar-refractivity contribution is 9.10. The van der Waals surface area contributed by atoms with Crippen molar-refractivity contribution in [2.45, 2.75) is 49.6 Å². The maximum Gasteiger partial charge on any atom is 0.262 e. The van der Waals surface area contributed by atoms with Gasteiger partial charge >= 0.3 is 0 Å². The number of benzene rings is 1. The molecule has 1 saturated carbocycles. The average molecular weight is 381 g/mol. The van der Waals surface area contributed by atoms with Crippen LogP contribution in [0.25, 0.3) is 10.9 Å². The molecule has 4 nitrogen and oxygen atoms in total. The van der Waals surface area contributed by atoms with Crippen LogP contribution in [0.2, 0.25) is 0 Å². The first-order chi connectivity index (χ1) is 10.6. The maximum absolute atomic E-state index is 12.7. The van der Waals surface area contributed by atoms with Crippen LogP contribution < -0.4 is 5.56 Å². The quantitative estimate of drug-likeness (QED) is 0.760. The summed E-state index contributed by atoms with van der Waals surface area (Å²) >= 11 is 4.84. The Morgan fingerprint density at radius 1 is 1.36 bits per heavy atom. The van der Waals surface area contributed by atoms with Crippen molar-refractivity contribution in [3.8, 4) is 0 Å². The lowest BCUT2D eigenvalue weighted by Crippen LogP contribution is -2.26. The second kappa shape index (κ2) is 6.54. The minimum Gasteiger partial charge on any atom is -0.298 e. The summed E-state index contributed by atoms with van der Waals surface area (Å²) in [5, 5.41) is 1.20. The first-order valence-electron chi connectivity index (χ1n) is 7.49. The van der Waals surface area contributed by atoms with Gasteiger partial charge in [0, 0.05) is 17.4 Å². The van der Waals surface area contributed by atoms with Gasteiger partial charge in [0.05, 0.1) is 16.2 Å². The second-order valence-electron chi connectivity index (χ2n) is 5.42. The number of thioether (sulfide) groups is 1. The van der Waals surface area contributed by atoms with E-state index in [4.69, 9.17) is 0 Å². The van der Waals surface area contributed by atoms with Gasteiger partial charge in [-0.15, -0.1) is 0 Å². The van der Waals surface area contributed by atoms with Crippen molar-refractivity contribution in [3.05, 3.63) is 33.0 Å². The van der Waals surface area contributed by atoms with E-state index in [2.05, 4.69) is 20.9 Å². The molecule has 0 N–H and O–H groups in total. The van der Waals surface area contributed by atoms with Gasteiger partial charge in [0.15, 0.2) is 5.16 Å². The average Bonchev–Trinajstić information content (AvgIpc) is 2.51. The molecule has 0 spiro atoms. The molecule has 1 aromatic carbocycles. The van der Waals surface area contributed by atoms with Crippen molar-refractivity contribution in [1.29, 1.82) is 0 Å². The first kappa shape index (κ1) is 15.7. The number of carbonyl (C=O) groups excluding carboxylic acids is 1. The molecular weight excluding hydrogens is 364 g/mol. The van der Waals surface area contributed by atoms with Crippen LogP contribution in [0.4, 0.5) is 0 Å². The number of hydrogen-bond acceptors (Lipinski definition) is 4. The minimum absolute atomic E-state index is 0.0421. The van der Waals surface area contributed by atoms with E-state index in [1.165, 1.54) is 11.8 Å². The molecule has 1 heterocycles. The third-order valence-electron chi connectivity index (χ3n) is 3.94. The van der Waals surface area contributed by atoms with E-state index in [-0.39, 0.29) is 16.6 Å². The first-order valence-corrected chi connectivity index (χ1v) is 9.17. The van der Waals surface area contributed by atoms with Gasteiger partial charge in [0.1, 0.15) is 5.78 Å². The Hall–Kier alpha value is -1.14. The fraction of sp³-hybridized carbons (Fsp3) is 0.438. The van der Waals surface area contributed by atoms with Gasteiger partial charge in [-0.1, -0.05) is 34.1 Å². The van der Waals surface area contributed by atoms with Crippen molar-refractivity contribution >= 4 is 44.4 Å². The zero-order valence-electron chi connectivity index (χ0n) is 12.3. The summed E-state index contributed by atoms with van der Waals surface area (Å²) in [4.78, 5) is 29.3. The number of aromatic nitrogens is 2. The molecule has 1 unspecified atom stereocenters. The second-order valence-corrected chi connectivity index (χ2v) is 7.51. The lowest BCUT2D eigenvalue weighted by molar-refractivity contribution is -0.119. The summed E-state index contributed by atoms with van der Waals surface area (Å²) in [5.41, 5.74) is 0.642. The fourth-order valence-electron chi connectivity index (χ4n) is 2.74. The van der Waals surface area contributed by atoms with Crippen molar-refractivity contribution in [1.82, 2.24) is 9.55 Å². The van der Waals surface area contributed by atoms with Crippen LogP contribution in [0, 0.1) is 0 Å². The topological polar surface area (TPSA) is 52.0 Å². The maximum atomic E-state index is 12.7. The molecular formula is C16H17BrN2O2S. The Kier molecular flexibility index (Phi) is 4.68. The molecule has 22 heavy (non-hydrogen) atoms. The summed E-state index contributed by atoms with van der Waals surface area (Å²) in [5.74, 6) is 0.282. The predicted octanol–water partition coefficient (Wildman–Crippen LogP) is 3.78. The van der Waals surface area contributed by atoms with E-state index in [9.17, 15) is 9.59 Å². The molecule has 2 aromatic rings. The molecule has 0 amide bonds. The largest absolute Gasteiger partial charge is 0.298 e. The normalized spacial score (nSPS) is 18.8. The third-order valence-corrected chi connectivity index (χ3v) is 5.74. The van der Waals surface area contributed by atoms with Crippen LogP contribution in [0.1, 0.15) is 32.6 Å². The van der Waals surface area contributed by atoms with E-state index in [0.717, 1.165) is 23.7 Å².